The maximum atomic E-state index is 11.9. The van der Waals surface area contributed by atoms with E-state index in [9.17, 15) is 4.79 Å². The topological polar surface area (TPSA) is 92.9 Å². The first-order valence-corrected chi connectivity index (χ1v) is 7.96. The van der Waals surface area contributed by atoms with Crippen LogP contribution < -0.4 is 16.4 Å². The number of urea groups is 1. The highest BCUT2D eigenvalue weighted by molar-refractivity contribution is 5.93. The molecule has 1 atom stereocenters. The van der Waals surface area contributed by atoms with Crippen molar-refractivity contribution in [3.8, 4) is 11.8 Å². The number of hydrogen-bond acceptors (Lipinski definition) is 4. The van der Waals surface area contributed by atoms with Crippen LogP contribution in [0.25, 0.3) is 0 Å². The third-order valence-corrected chi connectivity index (χ3v) is 4.08. The third-order valence-electron chi connectivity index (χ3n) is 4.08. The van der Waals surface area contributed by atoms with Crippen molar-refractivity contribution in [2.75, 3.05) is 11.1 Å². The summed E-state index contributed by atoms with van der Waals surface area (Å²) >= 11 is 0. The Bertz CT molecular complexity index is 863. The van der Waals surface area contributed by atoms with E-state index < -0.39 is 0 Å². The summed E-state index contributed by atoms with van der Waals surface area (Å²) < 4.78 is 0. The van der Waals surface area contributed by atoms with Crippen molar-refractivity contribution in [1.82, 2.24) is 15.3 Å². The number of nitrogens with one attached hydrogen (secondary N) is 2. The van der Waals surface area contributed by atoms with E-state index in [0.717, 1.165) is 22.5 Å². The molecular weight excluding hydrogens is 302 g/mol. The summed E-state index contributed by atoms with van der Waals surface area (Å²) in [5, 5.41) is 5.73. The molecule has 2 aliphatic rings. The van der Waals surface area contributed by atoms with Crippen LogP contribution in [0.1, 0.15) is 35.7 Å². The summed E-state index contributed by atoms with van der Waals surface area (Å²) in [5.41, 5.74) is 9.30. The fourth-order valence-corrected chi connectivity index (χ4v) is 2.70. The zero-order valence-electron chi connectivity index (χ0n) is 13.0. The van der Waals surface area contributed by atoms with E-state index >= 15 is 0 Å². The number of anilines is 2. The molecule has 1 aromatic heterocycles. The predicted molar refractivity (Wildman–Crippen MR) is 91.1 cm³/mol. The molecule has 2 aromatic rings. The second kappa shape index (κ2) is 5.85. The molecule has 0 bridgehead atoms. The van der Waals surface area contributed by atoms with Gasteiger partial charge in [0.1, 0.15) is 6.04 Å². The number of hydrogen-bond donors (Lipinski definition) is 3. The number of rotatable bonds is 2. The molecular formula is C18H17N5O. The quantitative estimate of drug-likeness (QED) is 0.740. The van der Waals surface area contributed by atoms with Gasteiger partial charge in [-0.3, -0.25) is 0 Å². The average molecular weight is 319 g/mol. The highest BCUT2D eigenvalue weighted by Gasteiger charge is 2.24. The van der Waals surface area contributed by atoms with Crippen LogP contribution >= 0.6 is 0 Å². The summed E-state index contributed by atoms with van der Waals surface area (Å²) in [6.45, 7) is 0. The lowest BCUT2D eigenvalue weighted by atomic mass is 9.98. The molecule has 0 spiro atoms. The number of nitrogens with zero attached hydrogens (tertiary/aromatic N) is 2. The summed E-state index contributed by atoms with van der Waals surface area (Å²) in [7, 11) is 0. The molecule has 2 heterocycles. The first kappa shape index (κ1) is 14.5. The number of benzene rings is 1. The maximum Gasteiger partial charge on any atom is 0.320 e. The van der Waals surface area contributed by atoms with Gasteiger partial charge in [-0.1, -0.05) is 24.0 Å². The minimum Gasteiger partial charge on any atom is -0.368 e. The van der Waals surface area contributed by atoms with Crippen molar-refractivity contribution in [1.29, 1.82) is 0 Å². The Hall–Kier alpha value is -3.07. The highest BCUT2D eigenvalue weighted by Crippen LogP contribution is 2.31. The van der Waals surface area contributed by atoms with Crippen molar-refractivity contribution in [2.24, 2.45) is 5.92 Å². The minimum atomic E-state index is -0.252. The molecule has 0 radical (unpaired) electrons. The Kier molecular flexibility index (Phi) is 3.54. The number of nitrogen functional groups attached to an aromatic ring is 1. The van der Waals surface area contributed by atoms with Crippen LogP contribution in [0.5, 0.6) is 0 Å². The Morgan fingerprint density at radius 2 is 2.12 bits per heavy atom. The highest BCUT2D eigenvalue weighted by atomic mass is 16.2. The Morgan fingerprint density at radius 3 is 2.92 bits per heavy atom. The largest absolute Gasteiger partial charge is 0.368 e. The summed E-state index contributed by atoms with van der Waals surface area (Å²) in [5.74, 6) is 7.18. The van der Waals surface area contributed by atoms with Crippen LogP contribution in [0.2, 0.25) is 0 Å². The maximum absolute atomic E-state index is 11.9. The molecule has 1 fully saturated rings. The monoisotopic (exact) mass is 319 g/mol. The smallest absolute Gasteiger partial charge is 0.320 e. The number of nitrogens with two attached hydrogens (primary N) is 1. The van der Waals surface area contributed by atoms with Gasteiger partial charge in [0.05, 0.1) is 5.69 Å². The molecule has 0 unspecified atom stereocenters. The van der Waals surface area contributed by atoms with Crippen LogP contribution in [0.15, 0.2) is 30.5 Å². The Morgan fingerprint density at radius 1 is 1.25 bits per heavy atom. The van der Waals surface area contributed by atoms with Crippen LogP contribution in [0.4, 0.5) is 16.4 Å². The van der Waals surface area contributed by atoms with Gasteiger partial charge in [0, 0.05) is 29.8 Å². The van der Waals surface area contributed by atoms with Crippen molar-refractivity contribution >= 4 is 17.7 Å². The summed E-state index contributed by atoms with van der Waals surface area (Å²) in [4.78, 5) is 20.0. The number of carbonyl (C=O) groups is 1. The second-order valence-electron chi connectivity index (χ2n) is 6.10. The first-order chi connectivity index (χ1) is 11.7. The van der Waals surface area contributed by atoms with E-state index in [0.29, 0.717) is 12.3 Å². The zero-order chi connectivity index (χ0) is 16.5. The van der Waals surface area contributed by atoms with Gasteiger partial charge >= 0.3 is 6.03 Å². The number of aromatic nitrogens is 2. The number of amides is 2. The number of fused-ring (bicyclic) bond motifs is 1. The molecule has 120 valence electrons. The molecule has 1 saturated carbocycles. The van der Waals surface area contributed by atoms with Crippen molar-refractivity contribution < 1.29 is 4.79 Å². The van der Waals surface area contributed by atoms with Crippen molar-refractivity contribution in [3.63, 3.8) is 0 Å². The lowest BCUT2D eigenvalue weighted by Crippen LogP contribution is -2.37. The van der Waals surface area contributed by atoms with Gasteiger partial charge in [-0.05, 0) is 30.5 Å². The standard InChI is InChI=1S/C18H17N5O/c19-17-20-8-7-13(21-17)9-12-3-5-14-15(6-4-11-1-2-11)22-18(24)23-16(14)10-12/h3,5,7-8,10-11,15H,1-2,9H2,(H2,19,20,21)(H2,22,23,24)/t15-/m0/s1. The molecule has 2 amide bonds. The third kappa shape index (κ3) is 3.15. The SMILES string of the molecule is Nc1nccc(Cc2ccc3c(c2)NC(=O)N[C@H]3C#CC2CC2)n1. The van der Waals surface area contributed by atoms with E-state index in [4.69, 9.17) is 5.73 Å². The van der Waals surface area contributed by atoms with Crippen LogP contribution in [0.3, 0.4) is 0 Å². The van der Waals surface area contributed by atoms with Crippen molar-refractivity contribution in [3.05, 3.63) is 47.3 Å². The molecule has 6 nitrogen and oxygen atoms in total. The molecule has 4 rings (SSSR count). The fraction of sp³-hybridized carbons (Fsp3) is 0.278. The van der Waals surface area contributed by atoms with Gasteiger partial charge in [0.15, 0.2) is 0 Å². The molecule has 24 heavy (non-hydrogen) atoms. The average Bonchev–Trinajstić information content (AvgIpc) is 3.36. The van der Waals surface area contributed by atoms with E-state index in [1.54, 1.807) is 6.20 Å². The van der Waals surface area contributed by atoms with Gasteiger partial charge < -0.3 is 16.4 Å². The number of carbonyl (C=O) groups excluding carboxylic acids is 1. The van der Waals surface area contributed by atoms with Gasteiger partial charge in [-0.15, -0.1) is 0 Å². The zero-order valence-corrected chi connectivity index (χ0v) is 13.0. The van der Waals surface area contributed by atoms with Crippen LogP contribution in [-0.2, 0) is 6.42 Å². The van der Waals surface area contributed by atoms with E-state index in [1.807, 2.05) is 24.3 Å². The van der Waals surface area contributed by atoms with Gasteiger partial charge in [-0.2, -0.15) is 0 Å². The summed E-state index contributed by atoms with van der Waals surface area (Å²) in [6.07, 6.45) is 4.60. The minimum absolute atomic E-state index is 0.221. The second-order valence-corrected chi connectivity index (χ2v) is 6.10. The molecule has 4 N–H and O–H groups in total. The predicted octanol–water partition coefficient (Wildman–Crippen LogP) is 2.24. The lowest BCUT2D eigenvalue weighted by Gasteiger charge is -2.24. The molecule has 1 aromatic carbocycles. The van der Waals surface area contributed by atoms with E-state index in [-0.39, 0.29) is 18.0 Å². The Labute approximate surface area is 139 Å². The molecule has 1 aliphatic heterocycles. The molecule has 1 aliphatic carbocycles. The van der Waals surface area contributed by atoms with Crippen LogP contribution in [-0.4, -0.2) is 16.0 Å². The summed E-state index contributed by atoms with van der Waals surface area (Å²) in [6, 6.07) is 7.37. The fourth-order valence-electron chi connectivity index (χ4n) is 2.70. The van der Waals surface area contributed by atoms with Crippen molar-refractivity contribution in [2.45, 2.75) is 25.3 Å². The van der Waals surface area contributed by atoms with Gasteiger partial charge in [0.25, 0.3) is 0 Å². The van der Waals surface area contributed by atoms with Crippen LogP contribution in [0, 0.1) is 17.8 Å². The normalized spacial score (nSPS) is 18.7. The van der Waals surface area contributed by atoms with Gasteiger partial charge in [-0.25, -0.2) is 14.8 Å². The molecule has 0 saturated heterocycles. The van der Waals surface area contributed by atoms with E-state index in [1.165, 1.54) is 12.8 Å². The Balaban J connectivity index is 1.60. The molecule has 6 heteroatoms. The van der Waals surface area contributed by atoms with Gasteiger partial charge in [0.2, 0.25) is 5.95 Å². The lowest BCUT2D eigenvalue weighted by molar-refractivity contribution is 0.249. The first-order valence-electron chi connectivity index (χ1n) is 7.96. The van der Waals surface area contributed by atoms with E-state index in [2.05, 4.69) is 32.4 Å².